The molecule has 0 spiro atoms. The summed E-state index contributed by atoms with van der Waals surface area (Å²) in [6, 6.07) is 1.57. The number of amides is 1. The Morgan fingerprint density at radius 2 is 2.18 bits per heavy atom. The average Bonchev–Trinajstić information content (AvgIpc) is 2.23. The van der Waals surface area contributed by atoms with Crippen molar-refractivity contribution in [3.8, 4) is 0 Å². The van der Waals surface area contributed by atoms with E-state index in [-0.39, 0.29) is 36.1 Å². The average molecular weight is 258 g/mol. The summed E-state index contributed by atoms with van der Waals surface area (Å²) in [6.45, 7) is 5.70. The van der Waals surface area contributed by atoms with Crippen molar-refractivity contribution in [3.05, 3.63) is 22.7 Å². The molecule has 1 amide bonds. The fourth-order valence-corrected chi connectivity index (χ4v) is 1.72. The molecule has 1 N–H and O–H groups in total. The SMILES string of the molecule is Cc1cc(C(=O)N(CCO)C(C)C)nc(Cl)n1. The van der Waals surface area contributed by atoms with Crippen LogP contribution in [-0.2, 0) is 0 Å². The van der Waals surface area contributed by atoms with Gasteiger partial charge in [-0.05, 0) is 38.4 Å². The predicted molar refractivity (Wildman–Crippen MR) is 65.0 cm³/mol. The quantitative estimate of drug-likeness (QED) is 0.826. The topological polar surface area (TPSA) is 66.3 Å². The number of aromatic nitrogens is 2. The summed E-state index contributed by atoms with van der Waals surface area (Å²) >= 11 is 5.71. The van der Waals surface area contributed by atoms with Crippen LogP contribution in [-0.4, -0.2) is 45.1 Å². The summed E-state index contributed by atoms with van der Waals surface area (Å²) in [7, 11) is 0. The van der Waals surface area contributed by atoms with Crippen molar-refractivity contribution in [2.45, 2.75) is 26.8 Å². The van der Waals surface area contributed by atoms with Crippen LogP contribution in [0.4, 0.5) is 0 Å². The first-order valence-electron chi connectivity index (χ1n) is 5.38. The zero-order valence-electron chi connectivity index (χ0n) is 10.1. The van der Waals surface area contributed by atoms with Crippen LogP contribution >= 0.6 is 11.6 Å². The molecule has 1 aromatic heterocycles. The minimum absolute atomic E-state index is 0.0105. The van der Waals surface area contributed by atoms with Gasteiger partial charge in [0.2, 0.25) is 5.28 Å². The lowest BCUT2D eigenvalue weighted by Gasteiger charge is -2.25. The van der Waals surface area contributed by atoms with Gasteiger partial charge in [0.25, 0.3) is 5.91 Å². The normalized spacial score (nSPS) is 10.7. The van der Waals surface area contributed by atoms with E-state index in [9.17, 15) is 4.79 Å². The molecule has 6 heteroatoms. The van der Waals surface area contributed by atoms with Gasteiger partial charge in [-0.25, -0.2) is 9.97 Å². The number of nitrogens with zero attached hydrogens (tertiary/aromatic N) is 3. The molecule has 1 heterocycles. The second-order valence-electron chi connectivity index (χ2n) is 3.98. The molecule has 0 radical (unpaired) electrons. The zero-order valence-corrected chi connectivity index (χ0v) is 10.9. The number of rotatable bonds is 4. The Morgan fingerprint density at radius 1 is 1.53 bits per heavy atom. The molecule has 0 saturated heterocycles. The minimum Gasteiger partial charge on any atom is -0.395 e. The standard InChI is InChI=1S/C11H16ClN3O2/c1-7(2)15(4-5-16)10(17)9-6-8(3)13-11(12)14-9/h6-7,16H,4-5H2,1-3H3. The second kappa shape index (κ2) is 5.93. The van der Waals surface area contributed by atoms with E-state index in [2.05, 4.69) is 9.97 Å². The van der Waals surface area contributed by atoms with E-state index < -0.39 is 0 Å². The maximum Gasteiger partial charge on any atom is 0.272 e. The Hall–Kier alpha value is -1.20. The number of aliphatic hydroxyl groups is 1. The highest BCUT2D eigenvalue weighted by Gasteiger charge is 2.20. The summed E-state index contributed by atoms with van der Waals surface area (Å²) in [5.41, 5.74) is 0.894. The number of hydrogen-bond acceptors (Lipinski definition) is 4. The van der Waals surface area contributed by atoms with E-state index in [0.29, 0.717) is 5.69 Å². The summed E-state index contributed by atoms with van der Waals surface area (Å²) < 4.78 is 0. The highest BCUT2D eigenvalue weighted by molar-refractivity contribution is 6.28. The Morgan fingerprint density at radius 3 is 2.65 bits per heavy atom. The molecule has 1 aromatic rings. The summed E-state index contributed by atoms with van der Waals surface area (Å²) in [4.78, 5) is 21.5. The first kappa shape index (κ1) is 13.9. The summed E-state index contributed by atoms with van der Waals surface area (Å²) in [6.07, 6.45) is 0. The van der Waals surface area contributed by atoms with E-state index in [4.69, 9.17) is 16.7 Å². The Labute approximate surface area is 105 Å². The number of halogens is 1. The third-order valence-corrected chi connectivity index (χ3v) is 2.44. The molecule has 17 heavy (non-hydrogen) atoms. The smallest absolute Gasteiger partial charge is 0.272 e. The lowest BCUT2D eigenvalue weighted by molar-refractivity contribution is 0.0659. The summed E-state index contributed by atoms with van der Waals surface area (Å²) in [5, 5.41) is 8.99. The molecule has 0 aliphatic rings. The largest absolute Gasteiger partial charge is 0.395 e. The maximum atomic E-state index is 12.1. The monoisotopic (exact) mass is 257 g/mol. The van der Waals surface area contributed by atoms with Gasteiger partial charge in [0.1, 0.15) is 5.69 Å². The van der Waals surface area contributed by atoms with Crippen molar-refractivity contribution in [3.63, 3.8) is 0 Å². The van der Waals surface area contributed by atoms with Gasteiger partial charge in [-0.1, -0.05) is 0 Å². The number of aliphatic hydroxyl groups excluding tert-OH is 1. The van der Waals surface area contributed by atoms with E-state index in [1.165, 1.54) is 4.90 Å². The molecule has 0 aromatic carbocycles. The molecule has 0 unspecified atom stereocenters. The van der Waals surface area contributed by atoms with Crippen LogP contribution in [0.2, 0.25) is 5.28 Å². The van der Waals surface area contributed by atoms with Crippen LogP contribution in [0.1, 0.15) is 30.0 Å². The van der Waals surface area contributed by atoms with Crippen molar-refractivity contribution >= 4 is 17.5 Å². The molecule has 0 aliphatic heterocycles. The number of carbonyl (C=O) groups is 1. The number of hydrogen-bond donors (Lipinski definition) is 1. The predicted octanol–water partition coefficient (Wildman–Crippen LogP) is 1.28. The minimum atomic E-state index is -0.249. The van der Waals surface area contributed by atoms with Gasteiger partial charge in [-0.2, -0.15) is 0 Å². The van der Waals surface area contributed by atoms with Crippen LogP contribution in [0.3, 0.4) is 0 Å². The highest BCUT2D eigenvalue weighted by atomic mass is 35.5. The molecular weight excluding hydrogens is 242 g/mol. The fraction of sp³-hybridized carbons (Fsp3) is 0.545. The van der Waals surface area contributed by atoms with Crippen molar-refractivity contribution in [2.24, 2.45) is 0 Å². The van der Waals surface area contributed by atoms with Crippen LogP contribution in [0.5, 0.6) is 0 Å². The van der Waals surface area contributed by atoms with Crippen molar-refractivity contribution in [2.75, 3.05) is 13.2 Å². The van der Waals surface area contributed by atoms with Crippen LogP contribution in [0.15, 0.2) is 6.07 Å². The Kier molecular flexibility index (Phi) is 4.84. The van der Waals surface area contributed by atoms with Gasteiger partial charge in [0.15, 0.2) is 0 Å². The van der Waals surface area contributed by atoms with Crippen molar-refractivity contribution in [1.29, 1.82) is 0 Å². The van der Waals surface area contributed by atoms with Gasteiger partial charge in [0, 0.05) is 18.3 Å². The van der Waals surface area contributed by atoms with Gasteiger partial charge in [-0.3, -0.25) is 4.79 Å². The zero-order chi connectivity index (χ0) is 13.0. The van der Waals surface area contributed by atoms with Gasteiger partial charge in [-0.15, -0.1) is 0 Å². The molecule has 94 valence electrons. The summed E-state index contributed by atoms with van der Waals surface area (Å²) in [5.74, 6) is -0.249. The maximum absolute atomic E-state index is 12.1. The first-order valence-corrected chi connectivity index (χ1v) is 5.76. The third kappa shape index (κ3) is 3.64. The van der Waals surface area contributed by atoms with Gasteiger partial charge < -0.3 is 10.0 Å². The number of aryl methyl sites for hydroxylation is 1. The van der Waals surface area contributed by atoms with Crippen molar-refractivity contribution < 1.29 is 9.90 Å². The van der Waals surface area contributed by atoms with Gasteiger partial charge >= 0.3 is 0 Å². The Bertz CT molecular complexity index is 389. The molecule has 5 nitrogen and oxygen atoms in total. The van der Waals surface area contributed by atoms with Crippen LogP contribution in [0, 0.1) is 6.92 Å². The van der Waals surface area contributed by atoms with Crippen LogP contribution < -0.4 is 0 Å². The van der Waals surface area contributed by atoms with E-state index in [1.807, 2.05) is 13.8 Å². The van der Waals surface area contributed by atoms with E-state index in [0.717, 1.165) is 0 Å². The van der Waals surface area contributed by atoms with Gasteiger partial charge in [0.05, 0.1) is 6.61 Å². The first-order chi connectivity index (χ1) is 7.95. The fourth-order valence-electron chi connectivity index (χ4n) is 1.49. The van der Waals surface area contributed by atoms with Crippen LogP contribution in [0.25, 0.3) is 0 Å². The molecule has 0 atom stereocenters. The molecule has 0 saturated carbocycles. The molecular formula is C11H16ClN3O2. The lowest BCUT2D eigenvalue weighted by atomic mass is 10.2. The molecule has 1 rings (SSSR count). The van der Waals surface area contributed by atoms with Crippen molar-refractivity contribution in [1.82, 2.24) is 14.9 Å². The Balaban J connectivity index is 3.00. The second-order valence-corrected chi connectivity index (χ2v) is 4.32. The third-order valence-electron chi connectivity index (χ3n) is 2.27. The van der Waals surface area contributed by atoms with E-state index >= 15 is 0 Å². The molecule has 0 fully saturated rings. The molecule has 0 bridgehead atoms. The number of carbonyl (C=O) groups excluding carboxylic acids is 1. The highest BCUT2D eigenvalue weighted by Crippen LogP contribution is 2.10. The lowest BCUT2D eigenvalue weighted by Crippen LogP contribution is -2.39. The van der Waals surface area contributed by atoms with E-state index in [1.54, 1.807) is 13.0 Å². The molecule has 0 aliphatic carbocycles.